The molecular weight excluding hydrogens is 919 g/mol. The molecule has 20 nitrogen and oxygen atoms in total. The van der Waals surface area contributed by atoms with Crippen molar-refractivity contribution >= 4 is 50.6 Å². The summed E-state index contributed by atoms with van der Waals surface area (Å²) < 4.78 is 5.87. The van der Waals surface area contributed by atoms with Crippen LogP contribution in [-0.4, -0.2) is 124 Å². The molecule has 0 aliphatic carbocycles. The van der Waals surface area contributed by atoms with Crippen LogP contribution in [0.4, 0.5) is 17.5 Å². The van der Waals surface area contributed by atoms with Crippen molar-refractivity contribution in [2.24, 2.45) is 17.8 Å². The lowest BCUT2D eigenvalue weighted by molar-refractivity contribution is 0.392. The van der Waals surface area contributed by atoms with Crippen molar-refractivity contribution in [2.75, 3.05) is 74.9 Å². The smallest absolute Gasteiger partial charge is 0.155 e. The highest BCUT2D eigenvalue weighted by molar-refractivity contribution is 5.90. The first-order valence-corrected chi connectivity index (χ1v) is 25.9. The largest absolute Gasteiger partial charge is 0.459 e. The molecular formula is C53H67N19O. The number of piperidine rings is 3. The highest BCUT2D eigenvalue weighted by atomic mass is 16.3. The fourth-order valence-electron chi connectivity index (χ4n) is 9.21. The number of H-pyrrole nitrogens is 2. The Morgan fingerprint density at radius 1 is 0.548 bits per heavy atom. The fourth-order valence-corrected chi connectivity index (χ4v) is 9.21. The van der Waals surface area contributed by atoms with Gasteiger partial charge in [0.1, 0.15) is 28.0 Å². The number of aromatic amines is 2. The second kappa shape index (κ2) is 25.7. The van der Waals surface area contributed by atoms with E-state index < -0.39 is 0 Å². The molecule has 0 radical (unpaired) electrons. The molecule has 380 valence electrons. The van der Waals surface area contributed by atoms with Gasteiger partial charge in [0.2, 0.25) is 0 Å². The highest BCUT2D eigenvalue weighted by Gasteiger charge is 2.19. The van der Waals surface area contributed by atoms with E-state index in [1.54, 1.807) is 49.6 Å². The molecule has 0 bridgehead atoms. The van der Waals surface area contributed by atoms with Crippen LogP contribution in [0.15, 0.2) is 96.6 Å². The number of hydrogen-bond acceptors (Lipinski definition) is 18. The number of fused-ring (bicyclic) bond motifs is 3. The number of aromatic nitrogens is 13. The van der Waals surface area contributed by atoms with Crippen LogP contribution >= 0.6 is 0 Å². The van der Waals surface area contributed by atoms with Crippen molar-refractivity contribution in [3.63, 3.8) is 0 Å². The number of furan rings is 1. The molecule has 0 saturated carbocycles. The molecule has 3 atom stereocenters. The normalized spacial score (nSPS) is 17.6. The highest BCUT2D eigenvalue weighted by Crippen LogP contribution is 2.29. The van der Waals surface area contributed by atoms with Crippen molar-refractivity contribution in [3.05, 3.63) is 97.9 Å². The van der Waals surface area contributed by atoms with Gasteiger partial charge < -0.3 is 36.3 Å². The summed E-state index contributed by atoms with van der Waals surface area (Å²) in [6.07, 6.45) is 23.8. The van der Waals surface area contributed by atoms with Crippen LogP contribution in [0.5, 0.6) is 0 Å². The van der Waals surface area contributed by atoms with E-state index >= 15 is 0 Å². The molecule has 3 saturated heterocycles. The second-order valence-corrected chi connectivity index (χ2v) is 18.2. The maximum atomic E-state index is 5.87. The first-order valence-electron chi connectivity index (χ1n) is 25.9. The van der Waals surface area contributed by atoms with Gasteiger partial charge in [0, 0.05) is 81.2 Å². The SMILES string of the molecule is CC.CCc1ccc(-c2cc3nccnc3c(NC[C@H]3CCCNC3)n2)o1.c1cc(-c2cc3nccnc3c(NC[C@H]3CCCNC3)n2)[nH]n1.c1cnc2c(NC[C@H]3CCCNC3)nc(-c3cn[nH]c3)cc2n1. The van der Waals surface area contributed by atoms with Crippen molar-refractivity contribution in [1.82, 2.24) is 81.2 Å². The van der Waals surface area contributed by atoms with Crippen molar-refractivity contribution in [2.45, 2.75) is 65.7 Å². The Labute approximate surface area is 425 Å². The van der Waals surface area contributed by atoms with Crippen molar-refractivity contribution < 1.29 is 4.42 Å². The molecule has 12 rings (SSSR count). The Morgan fingerprint density at radius 2 is 1.03 bits per heavy atom. The number of anilines is 3. The summed E-state index contributed by atoms with van der Waals surface area (Å²) in [5.41, 5.74) is 9.18. The van der Waals surface area contributed by atoms with Crippen LogP contribution in [0.2, 0.25) is 0 Å². The molecule has 0 amide bonds. The van der Waals surface area contributed by atoms with Gasteiger partial charge in [-0.2, -0.15) is 10.2 Å². The van der Waals surface area contributed by atoms with Crippen molar-refractivity contribution in [1.29, 1.82) is 0 Å². The molecule has 0 spiro atoms. The predicted octanol–water partition coefficient (Wildman–Crippen LogP) is 7.94. The zero-order valence-electron chi connectivity index (χ0n) is 42.0. The van der Waals surface area contributed by atoms with Gasteiger partial charge in [-0.3, -0.25) is 25.1 Å². The standard InChI is InChI=1S/C19H23N5O.2C16H19N7.C2H6/c1-2-14-5-6-17(25-14)15-10-16-18(22-9-8-21-16)19(24-15)23-12-13-4-3-7-20-11-13;1-2-11(9-17-4-1)10-20-16-15-14(18-6-7-19-15)8-13(22-16)12-3-5-21-23-12;1-2-11(7-17-3-1)8-20-16-15-14(18-4-5-19-15)6-13(23-16)12-9-21-22-10-12;1-2/h5-6,8-10,13,20H,2-4,7,11-12H2,1H3,(H,23,24);3,5-8,11,17H,1-2,4,9-10H2,(H,20,22)(H,21,23);4-6,9-11,17H,1-3,7-8H2,(H,20,23)(H,21,22);1-2H3/t13-;2*11-;/m000./s1. The predicted molar refractivity (Wildman–Crippen MR) is 288 cm³/mol. The third-order valence-electron chi connectivity index (χ3n) is 13.1. The molecule has 20 heteroatoms. The molecule has 73 heavy (non-hydrogen) atoms. The number of aryl methyl sites for hydroxylation is 1. The number of nitrogens with one attached hydrogen (secondary N) is 8. The maximum Gasteiger partial charge on any atom is 0.155 e. The summed E-state index contributed by atoms with van der Waals surface area (Å²) in [5, 5.41) is 34.5. The zero-order valence-corrected chi connectivity index (χ0v) is 42.0. The zero-order chi connectivity index (χ0) is 50.0. The van der Waals surface area contributed by atoms with Crippen LogP contribution in [0.25, 0.3) is 67.2 Å². The topological polar surface area (TPSA) is 259 Å². The molecule has 3 aliphatic rings. The van der Waals surface area contributed by atoms with E-state index in [4.69, 9.17) is 19.4 Å². The summed E-state index contributed by atoms with van der Waals surface area (Å²) in [6, 6.07) is 11.7. The van der Waals surface area contributed by atoms with Crippen LogP contribution < -0.4 is 31.9 Å². The van der Waals surface area contributed by atoms with E-state index in [-0.39, 0.29) is 0 Å². The first kappa shape index (κ1) is 50.4. The van der Waals surface area contributed by atoms with Gasteiger partial charge in [-0.25, -0.2) is 29.9 Å². The van der Waals surface area contributed by atoms with Gasteiger partial charge >= 0.3 is 0 Å². The molecule has 9 aromatic heterocycles. The van der Waals surface area contributed by atoms with E-state index in [2.05, 4.69) is 89.1 Å². The van der Waals surface area contributed by atoms with Crippen molar-refractivity contribution in [3.8, 4) is 34.1 Å². The Morgan fingerprint density at radius 3 is 1.47 bits per heavy atom. The van der Waals surface area contributed by atoms with Crippen LogP contribution in [0.1, 0.15) is 65.1 Å². The van der Waals surface area contributed by atoms with Gasteiger partial charge in [-0.1, -0.05) is 20.8 Å². The Hall–Kier alpha value is -7.55. The number of hydrogen-bond donors (Lipinski definition) is 8. The number of nitrogens with zero attached hydrogens (tertiary/aromatic N) is 11. The third kappa shape index (κ3) is 13.3. The lowest BCUT2D eigenvalue weighted by atomic mass is 10.00. The minimum absolute atomic E-state index is 0.612. The molecule has 0 aromatic carbocycles. The van der Waals surface area contributed by atoms with E-state index in [1.807, 2.05) is 56.4 Å². The molecule has 8 N–H and O–H groups in total. The van der Waals surface area contributed by atoms with E-state index in [1.165, 1.54) is 38.5 Å². The monoisotopic (exact) mass is 986 g/mol. The minimum Gasteiger partial charge on any atom is -0.459 e. The first-order chi connectivity index (χ1) is 36.1. The molecule has 9 aromatic rings. The summed E-state index contributed by atoms with van der Waals surface area (Å²) in [7, 11) is 0. The number of rotatable bonds is 13. The summed E-state index contributed by atoms with van der Waals surface area (Å²) in [6.45, 7) is 15.3. The third-order valence-corrected chi connectivity index (χ3v) is 13.1. The van der Waals surface area contributed by atoms with Gasteiger partial charge in [0.25, 0.3) is 0 Å². The van der Waals surface area contributed by atoms with E-state index in [0.29, 0.717) is 17.8 Å². The Balaban J connectivity index is 0.000000133. The van der Waals surface area contributed by atoms with E-state index in [0.717, 1.165) is 156 Å². The molecule has 0 unspecified atom stereocenters. The van der Waals surface area contributed by atoms with Gasteiger partial charge in [-0.05, 0) is 132 Å². The van der Waals surface area contributed by atoms with Gasteiger partial charge in [-0.15, -0.1) is 0 Å². The summed E-state index contributed by atoms with van der Waals surface area (Å²) in [5.74, 6) is 5.93. The maximum absolute atomic E-state index is 5.87. The minimum atomic E-state index is 0.612. The second-order valence-electron chi connectivity index (χ2n) is 18.2. The fraction of sp³-hybridized carbons (Fsp3) is 0.415. The molecule has 12 heterocycles. The average molecular weight is 986 g/mol. The average Bonchev–Trinajstić information content (AvgIpc) is 4.31. The van der Waals surface area contributed by atoms with E-state index in [9.17, 15) is 0 Å². The quantitative estimate of drug-likeness (QED) is 0.0545. The van der Waals surface area contributed by atoms with Crippen LogP contribution in [-0.2, 0) is 6.42 Å². The number of pyridine rings is 3. The van der Waals surface area contributed by atoms with Crippen LogP contribution in [0.3, 0.4) is 0 Å². The van der Waals surface area contributed by atoms with Gasteiger partial charge in [0.15, 0.2) is 23.2 Å². The Kier molecular flexibility index (Phi) is 17.8. The Bertz CT molecular complexity index is 2930. The summed E-state index contributed by atoms with van der Waals surface area (Å²) >= 11 is 0. The lowest BCUT2D eigenvalue weighted by Gasteiger charge is -2.23. The molecule has 3 fully saturated rings. The van der Waals surface area contributed by atoms with Crippen LogP contribution in [0, 0.1) is 17.8 Å². The summed E-state index contributed by atoms with van der Waals surface area (Å²) in [4.78, 5) is 40.9. The van der Waals surface area contributed by atoms with Gasteiger partial charge in [0.05, 0.1) is 39.8 Å². The molecule has 3 aliphatic heterocycles. The lowest BCUT2D eigenvalue weighted by Crippen LogP contribution is -2.33.